The molecule has 3 aromatic heterocycles. The first-order chi connectivity index (χ1) is 24.8. The summed E-state index contributed by atoms with van der Waals surface area (Å²) in [5, 5.41) is 3.66. The molecule has 0 N–H and O–H groups in total. The Morgan fingerprint density at radius 2 is 1.02 bits per heavy atom. The Balaban J connectivity index is 1.12. The molecule has 0 aliphatic rings. The zero-order chi connectivity index (χ0) is 33.0. The lowest BCUT2D eigenvalue weighted by atomic mass is 10.0. The zero-order valence-corrected chi connectivity index (χ0v) is 27.8. The maximum atomic E-state index is 5.15. The van der Waals surface area contributed by atoms with E-state index in [0.29, 0.717) is 0 Å². The molecule has 234 valence electrons. The van der Waals surface area contributed by atoms with Gasteiger partial charge in [0, 0.05) is 37.7 Å². The maximum absolute atomic E-state index is 5.15. The molecule has 0 saturated heterocycles. The lowest BCUT2D eigenvalue weighted by Crippen LogP contribution is -1.94. The van der Waals surface area contributed by atoms with Crippen molar-refractivity contribution in [1.29, 1.82) is 0 Å². The van der Waals surface area contributed by atoms with Gasteiger partial charge >= 0.3 is 0 Å². The molecule has 0 spiro atoms. The van der Waals surface area contributed by atoms with E-state index in [1.54, 1.807) is 11.3 Å². The third-order valence-corrected chi connectivity index (χ3v) is 10.8. The fraction of sp³-hybridized carbons (Fsp3) is 0. The first kappa shape index (κ1) is 28.6. The van der Waals surface area contributed by atoms with Crippen molar-refractivity contribution in [3.8, 4) is 50.6 Å². The first-order valence-corrected chi connectivity index (χ1v) is 17.6. The number of hydrogen-bond acceptors (Lipinski definition) is 3. The second-order valence-corrected chi connectivity index (χ2v) is 13.7. The summed E-state index contributed by atoms with van der Waals surface area (Å²) in [4.78, 5) is 10.3. The van der Waals surface area contributed by atoms with Gasteiger partial charge in [0.15, 0.2) is 5.82 Å². The number of thiophene rings is 1. The van der Waals surface area contributed by atoms with Crippen LogP contribution in [0.2, 0.25) is 0 Å². The number of para-hydroxylation sites is 1. The fourth-order valence-electron chi connectivity index (χ4n) is 7.22. The molecule has 0 atom stereocenters. The monoisotopic (exact) mass is 655 g/mol. The molecule has 4 heteroatoms. The van der Waals surface area contributed by atoms with Gasteiger partial charge in [-0.05, 0) is 58.7 Å². The normalized spacial score (nSPS) is 11.6. The number of aromatic nitrogens is 3. The van der Waals surface area contributed by atoms with Gasteiger partial charge in [0.2, 0.25) is 0 Å². The predicted molar refractivity (Wildman–Crippen MR) is 211 cm³/mol. The van der Waals surface area contributed by atoms with E-state index in [4.69, 9.17) is 9.97 Å². The van der Waals surface area contributed by atoms with Gasteiger partial charge in [-0.15, -0.1) is 11.3 Å². The van der Waals surface area contributed by atoms with Crippen LogP contribution in [0, 0.1) is 0 Å². The van der Waals surface area contributed by atoms with Crippen molar-refractivity contribution in [2.24, 2.45) is 0 Å². The Kier molecular flexibility index (Phi) is 6.68. The topological polar surface area (TPSA) is 30.7 Å². The van der Waals surface area contributed by atoms with Gasteiger partial charge in [-0.1, -0.05) is 140 Å². The van der Waals surface area contributed by atoms with Crippen molar-refractivity contribution in [2.75, 3.05) is 0 Å². The average molecular weight is 656 g/mol. The highest BCUT2D eigenvalue weighted by Crippen LogP contribution is 2.41. The fourth-order valence-corrected chi connectivity index (χ4v) is 8.41. The Bertz CT molecular complexity index is 2850. The van der Waals surface area contributed by atoms with Crippen molar-refractivity contribution in [1.82, 2.24) is 14.5 Å². The summed E-state index contributed by atoms with van der Waals surface area (Å²) < 4.78 is 4.70. The van der Waals surface area contributed by atoms with Gasteiger partial charge in [0.1, 0.15) is 0 Å². The van der Waals surface area contributed by atoms with Crippen LogP contribution in [0.5, 0.6) is 0 Å². The molecule has 50 heavy (non-hydrogen) atoms. The lowest BCUT2D eigenvalue weighted by Gasteiger charge is -2.11. The van der Waals surface area contributed by atoms with Crippen LogP contribution < -0.4 is 0 Å². The van der Waals surface area contributed by atoms with Crippen molar-refractivity contribution in [2.45, 2.75) is 0 Å². The van der Waals surface area contributed by atoms with Gasteiger partial charge in [-0.2, -0.15) is 0 Å². The van der Waals surface area contributed by atoms with Crippen LogP contribution in [0.25, 0.3) is 92.7 Å². The highest BCUT2D eigenvalue weighted by Gasteiger charge is 2.18. The second kappa shape index (κ2) is 11.7. The highest BCUT2D eigenvalue weighted by molar-refractivity contribution is 7.26. The number of nitrogens with zero attached hydrogens (tertiary/aromatic N) is 3. The van der Waals surface area contributed by atoms with Crippen LogP contribution >= 0.6 is 11.3 Å². The molecule has 0 saturated carbocycles. The summed E-state index contributed by atoms with van der Waals surface area (Å²) in [6, 6.07) is 62.6. The van der Waals surface area contributed by atoms with Crippen LogP contribution in [-0.2, 0) is 0 Å². The third-order valence-electron chi connectivity index (χ3n) is 9.61. The van der Waals surface area contributed by atoms with Crippen molar-refractivity contribution >= 4 is 53.4 Å². The summed E-state index contributed by atoms with van der Waals surface area (Å²) in [7, 11) is 0. The Hall–Kier alpha value is -6.36. The maximum Gasteiger partial charge on any atom is 0.160 e. The molecule has 0 amide bonds. The van der Waals surface area contributed by atoms with Gasteiger partial charge in [0.25, 0.3) is 0 Å². The van der Waals surface area contributed by atoms with Crippen LogP contribution in [0.1, 0.15) is 0 Å². The van der Waals surface area contributed by atoms with E-state index in [9.17, 15) is 0 Å². The Morgan fingerprint density at radius 3 is 1.82 bits per heavy atom. The molecule has 10 aromatic rings. The smallest absolute Gasteiger partial charge is 0.160 e. The van der Waals surface area contributed by atoms with E-state index in [0.717, 1.165) is 43.9 Å². The standard InChI is InChI=1S/C46H29N3S/c1-4-13-30(14-5-1)34-24-26-41-39(28-34)37-21-10-11-22-40(37)49(41)36-20-12-19-33(27-36)35-23-25-38-42(29-35)50-45-43(31-15-6-2-7-16-31)47-46(48-44(38)45)32-17-8-3-9-18-32/h1-29H. The minimum Gasteiger partial charge on any atom is -0.309 e. The van der Waals surface area contributed by atoms with Gasteiger partial charge in [-0.3, -0.25) is 0 Å². The quantitative estimate of drug-likeness (QED) is 0.185. The van der Waals surface area contributed by atoms with E-state index in [1.165, 1.54) is 48.8 Å². The van der Waals surface area contributed by atoms with Crippen LogP contribution in [0.3, 0.4) is 0 Å². The van der Waals surface area contributed by atoms with E-state index in [2.05, 4.69) is 156 Å². The minimum absolute atomic E-state index is 0.746. The third kappa shape index (κ3) is 4.73. The van der Waals surface area contributed by atoms with E-state index >= 15 is 0 Å². The minimum atomic E-state index is 0.746. The Morgan fingerprint density at radius 1 is 0.400 bits per heavy atom. The van der Waals surface area contributed by atoms with Gasteiger partial charge in [0.05, 0.1) is 26.9 Å². The van der Waals surface area contributed by atoms with Crippen LogP contribution in [-0.4, -0.2) is 14.5 Å². The van der Waals surface area contributed by atoms with Crippen molar-refractivity contribution < 1.29 is 0 Å². The average Bonchev–Trinajstić information content (AvgIpc) is 3.73. The molecular formula is C46H29N3S. The number of rotatable bonds is 5. The molecule has 0 aliphatic carbocycles. The molecule has 7 aromatic carbocycles. The van der Waals surface area contributed by atoms with Crippen molar-refractivity contribution in [3.63, 3.8) is 0 Å². The van der Waals surface area contributed by atoms with Crippen molar-refractivity contribution in [3.05, 3.63) is 176 Å². The van der Waals surface area contributed by atoms with Crippen LogP contribution in [0.15, 0.2) is 176 Å². The number of hydrogen-bond donors (Lipinski definition) is 0. The molecule has 0 aliphatic heterocycles. The van der Waals surface area contributed by atoms with E-state index in [1.807, 2.05) is 24.3 Å². The predicted octanol–water partition coefficient (Wildman–Crippen LogP) is 12.6. The van der Waals surface area contributed by atoms with Crippen LogP contribution in [0.4, 0.5) is 0 Å². The summed E-state index contributed by atoms with van der Waals surface area (Å²) in [5.41, 5.74) is 12.4. The zero-order valence-electron chi connectivity index (χ0n) is 27.0. The highest BCUT2D eigenvalue weighted by atomic mass is 32.1. The van der Waals surface area contributed by atoms with Gasteiger partial charge < -0.3 is 4.57 Å². The summed E-state index contributed by atoms with van der Waals surface area (Å²) in [6.45, 7) is 0. The number of benzene rings is 7. The van der Waals surface area contributed by atoms with E-state index in [-0.39, 0.29) is 0 Å². The summed E-state index contributed by atoms with van der Waals surface area (Å²) in [5.74, 6) is 0.746. The molecule has 3 heterocycles. The lowest BCUT2D eigenvalue weighted by molar-refractivity contribution is 1.18. The largest absolute Gasteiger partial charge is 0.309 e. The molecule has 3 nitrogen and oxygen atoms in total. The second-order valence-electron chi connectivity index (χ2n) is 12.6. The molecule has 0 radical (unpaired) electrons. The summed E-state index contributed by atoms with van der Waals surface area (Å²) >= 11 is 1.77. The molecule has 10 rings (SSSR count). The molecule has 0 fully saturated rings. The van der Waals surface area contributed by atoms with Gasteiger partial charge in [-0.25, -0.2) is 9.97 Å². The Labute approximate surface area is 293 Å². The molecular weight excluding hydrogens is 627 g/mol. The van der Waals surface area contributed by atoms with E-state index < -0.39 is 0 Å². The number of fused-ring (bicyclic) bond motifs is 6. The molecule has 0 bridgehead atoms. The first-order valence-electron chi connectivity index (χ1n) is 16.8. The SMILES string of the molecule is c1ccc(-c2ccc3c(c2)c2ccccc2n3-c2cccc(-c3ccc4c(c3)sc3c(-c5ccccc5)nc(-c5ccccc5)nc34)c2)cc1. The summed E-state index contributed by atoms with van der Waals surface area (Å²) in [6.07, 6.45) is 0. The molecule has 0 unspecified atom stereocenters.